The summed E-state index contributed by atoms with van der Waals surface area (Å²) >= 11 is 3.34. The van der Waals surface area contributed by atoms with Gasteiger partial charge in [0.15, 0.2) is 6.23 Å². The Hall–Kier alpha value is -0.740. The molecule has 3 nitrogen and oxygen atoms in total. The standard InChI is InChI=1S/C8H8BrNO2/c9-5-1-2-6-7(3-5)12-4-8(11)10-6/h1-3,8,10-11H,4H2. The number of halogens is 1. The quantitative estimate of drug-likeness (QED) is 0.710. The fourth-order valence-corrected chi connectivity index (χ4v) is 1.46. The second-order valence-corrected chi connectivity index (χ2v) is 3.53. The van der Waals surface area contributed by atoms with Crippen molar-refractivity contribution in [2.24, 2.45) is 0 Å². The predicted molar refractivity (Wildman–Crippen MR) is 49.3 cm³/mol. The SMILES string of the molecule is OC1COc2cc(Br)ccc2N1. The summed E-state index contributed by atoms with van der Waals surface area (Å²) in [7, 11) is 0. The molecule has 0 saturated carbocycles. The van der Waals surface area contributed by atoms with E-state index in [1.54, 1.807) is 0 Å². The van der Waals surface area contributed by atoms with Crippen LogP contribution in [0.4, 0.5) is 5.69 Å². The Balaban J connectivity index is 2.37. The molecule has 0 aromatic heterocycles. The van der Waals surface area contributed by atoms with E-state index in [4.69, 9.17) is 4.74 Å². The number of rotatable bonds is 0. The van der Waals surface area contributed by atoms with Crippen molar-refractivity contribution in [2.45, 2.75) is 6.23 Å². The van der Waals surface area contributed by atoms with Crippen molar-refractivity contribution in [3.05, 3.63) is 22.7 Å². The third-order valence-corrected chi connectivity index (χ3v) is 2.16. The third-order valence-electron chi connectivity index (χ3n) is 1.66. The van der Waals surface area contributed by atoms with Crippen molar-refractivity contribution in [3.8, 4) is 5.75 Å². The van der Waals surface area contributed by atoms with Crippen molar-refractivity contribution in [2.75, 3.05) is 11.9 Å². The lowest BCUT2D eigenvalue weighted by atomic mass is 10.2. The number of anilines is 1. The number of fused-ring (bicyclic) bond motifs is 1. The highest BCUT2D eigenvalue weighted by atomic mass is 79.9. The first kappa shape index (κ1) is 7.89. The van der Waals surface area contributed by atoms with E-state index in [0.29, 0.717) is 6.61 Å². The Bertz CT molecular complexity index is 303. The van der Waals surface area contributed by atoms with Gasteiger partial charge in [0.25, 0.3) is 0 Å². The Kier molecular flexibility index (Phi) is 1.94. The van der Waals surface area contributed by atoms with Gasteiger partial charge in [-0.25, -0.2) is 0 Å². The van der Waals surface area contributed by atoms with Gasteiger partial charge in [0.2, 0.25) is 0 Å². The Morgan fingerprint density at radius 2 is 2.42 bits per heavy atom. The molecule has 2 rings (SSSR count). The topological polar surface area (TPSA) is 41.5 Å². The zero-order valence-electron chi connectivity index (χ0n) is 6.25. The highest BCUT2D eigenvalue weighted by molar-refractivity contribution is 9.10. The molecule has 4 heteroatoms. The van der Waals surface area contributed by atoms with Gasteiger partial charge in [0, 0.05) is 4.47 Å². The molecule has 0 bridgehead atoms. The number of nitrogens with one attached hydrogen (secondary N) is 1. The molecule has 1 aliphatic heterocycles. The van der Waals surface area contributed by atoms with Gasteiger partial charge in [-0.2, -0.15) is 0 Å². The van der Waals surface area contributed by atoms with Gasteiger partial charge in [-0.05, 0) is 18.2 Å². The smallest absolute Gasteiger partial charge is 0.159 e. The molecule has 0 fully saturated rings. The van der Waals surface area contributed by atoms with Crippen LogP contribution >= 0.6 is 15.9 Å². The van der Waals surface area contributed by atoms with Crippen LogP contribution in [-0.4, -0.2) is 17.9 Å². The molecule has 1 unspecified atom stereocenters. The van der Waals surface area contributed by atoms with E-state index in [-0.39, 0.29) is 0 Å². The molecule has 12 heavy (non-hydrogen) atoms. The lowest BCUT2D eigenvalue weighted by Crippen LogP contribution is -2.30. The molecule has 1 aromatic rings. The zero-order valence-corrected chi connectivity index (χ0v) is 7.84. The molecule has 0 saturated heterocycles. The summed E-state index contributed by atoms with van der Waals surface area (Å²) < 4.78 is 6.25. The van der Waals surface area contributed by atoms with Crippen LogP contribution in [-0.2, 0) is 0 Å². The van der Waals surface area contributed by atoms with Gasteiger partial charge in [-0.1, -0.05) is 15.9 Å². The van der Waals surface area contributed by atoms with Gasteiger partial charge in [0.1, 0.15) is 12.4 Å². The summed E-state index contributed by atoms with van der Waals surface area (Å²) in [5.41, 5.74) is 0.831. The lowest BCUT2D eigenvalue weighted by Gasteiger charge is -2.23. The maximum absolute atomic E-state index is 9.18. The molecule has 0 radical (unpaired) electrons. The van der Waals surface area contributed by atoms with Gasteiger partial charge in [-0.3, -0.25) is 0 Å². The van der Waals surface area contributed by atoms with E-state index < -0.39 is 6.23 Å². The lowest BCUT2D eigenvalue weighted by molar-refractivity contribution is 0.119. The van der Waals surface area contributed by atoms with Crippen LogP contribution in [0.5, 0.6) is 5.75 Å². The maximum atomic E-state index is 9.18. The van der Waals surface area contributed by atoms with Crippen LogP contribution in [0.25, 0.3) is 0 Å². The molecule has 1 atom stereocenters. The summed E-state index contributed by atoms with van der Waals surface area (Å²) in [6.45, 7) is 0.295. The van der Waals surface area contributed by atoms with Crippen molar-refractivity contribution in [3.63, 3.8) is 0 Å². The van der Waals surface area contributed by atoms with Crippen LogP contribution in [0.1, 0.15) is 0 Å². The van der Waals surface area contributed by atoms with Gasteiger partial charge < -0.3 is 15.2 Å². The van der Waals surface area contributed by atoms with Crippen molar-refractivity contribution < 1.29 is 9.84 Å². The molecule has 2 N–H and O–H groups in total. The Labute approximate surface area is 78.5 Å². The van der Waals surface area contributed by atoms with E-state index in [1.807, 2.05) is 18.2 Å². The molecule has 1 aliphatic rings. The highest BCUT2D eigenvalue weighted by Gasteiger charge is 2.15. The molecular weight excluding hydrogens is 222 g/mol. The minimum atomic E-state index is -0.598. The average Bonchev–Trinajstić information content (AvgIpc) is 2.05. The number of aliphatic hydroxyl groups excluding tert-OH is 1. The van der Waals surface area contributed by atoms with Crippen LogP contribution in [0.2, 0.25) is 0 Å². The molecule has 1 aromatic carbocycles. The van der Waals surface area contributed by atoms with Crippen molar-refractivity contribution in [1.29, 1.82) is 0 Å². The summed E-state index contributed by atoms with van der Waals surface area (Å²) in [5.74, 6) is 0.773. The molecular formula is C8H8BrNO2. The largest absolute Gasteiger partial charge is 0.487 e. The maximum Gasteiger partial charge on any atom is 0.159 e. The van der Waals surface area contributed by atoms with Crippen LogP contribution in [0, 0.1) is 0 Å². The molecule has 1 heterocycles. The van der Waals surface area contributed by atoms with E-state index in [0.717, 1.165) is 15.9 Å². The fraction of sp³-hybridized carbons (Fsp3) is 0.250. The summed E-state index contributed by atoms with van der Waals surface area (Å²) in [6, 6.07) is 5.63. The molecule has 0 spiro atoms. The number of ether oxygens (including phenoxy) is 1. The normalized spacial score (nSPS) is 20.7. The zero-order chi connectivity index (χ0) is 8.55. The highest BCUT2D eigenvalue weighted by Crippen LogP contribution is 2.31. The van der Waals surface area contributed by atoms with Crippen molar-refractivity contribution >= 4 is 21.6 Å². The fourth-order valence-electron chi connectivity index (χ4n) is 1.12. The third kappa shape index (κ3) is 1.40. The van der Waals surface area contributed by atoms with Crippen LogP contribution < -0.4 is 10.1 Å². The number of benzene rings is 1. The second kappa shape index (κ2) is 2.95. The minimum absolute atomic E-state index is 0.295. The predicted octanol–water partition coefficient (Wildman–Crippen LogP) is 1.57. The number of aliphatic hydroxyl groups is 1. The van der Waals surface area contributed by atoms with Gasteiger partial charge >= 0.3 is 0 Å². The van der Waals surface area contributed by atoms with Crippen LogP contribution in [0.3, 0.4) is 0 Å². The first-order valence-electron chi connectivity index (χ1n) is 3.62. The molecule has 0 aliphatic carbocycles. The number of hydrogen-bond donors (Lipinski definition) is 2. The van der Waals surface area contributed by atoms with E-state index in [9.17, 15) is 5.11 Å². The molecule has 64 valence electrons. The van der Waals surface area contributed by atoms with Crippen molar-refractivity contribution in [1.82, 2.24) is 0 Å². The Morgan fingerprint density at radius 3 is 3.25 bits per heavy atom. The monoisotopic (exact) mass is 229 g/mol. The van der Waals surface area contributed by atoms with E-state index >= 15 is 0 Å². The van der Waals surface area contributed by atoms with E-state index in [1.165, 1.54) is 0 Å². The minimum Gasteiger partial charge on any atom is -0.487 e. The van der Waals surface area contributed by atoms with Gasteiger partial charge in [0.05, 0.1) is 5.69 Å². The first-order chi connectivity index (χ1) is 5.75. The van der Waals surface area contributed by atoms with E-state index in [2.05, 4.69) is 21.2 Å². The summed E-state index contributed by atoms with van der Waals surface area (Å²) in [5, 5.41) is 12.1. The van der Waals surface area contributed by atoms with Gasteiger partial charge in [-0.15, -0.1) is 0 Å². The average molecular weight is 230 g/mol. The first-order valence-corrected chi connectivity index (χ1v) is 4.42. The molecule has 0 amide bonds. The summed E-state index contributed by atoms with van der Waals surface area (Å²) in [6.07, 6.45) is -0.598. The second-order valence-electron chi connectivity index (χ2n) is 2.61. The Morgan fingerprint density at radius 1 is 1.58 bits per heavy atom. The van der Waals surface area contributed by atoms with Crippen LogP contribution in [0.15, 0.2) is 22.7 Å². The summed E-state index contributed by atoms with van der Waals surface area (Å²) in [4.78, 5) is 0. The number of hydrogen-bond acceptors (Lipinski definition) is 3.